The maximum Gasteiger partial charge on any atom is 0.0354 e. The number of rotatable bonds is 5. The minimum absolute atomic E-state index is 0.699. The summed E-state index contributed by atoms with van der Waals surface area (Å²) in [6, 6.07) is 1.46. The Labute approximate surface area is 98.2 Å². The molecular formula is C12H24N2S. The van der Waals surface area contributed by atoms with Crippen molar-refractivity contribution in [3.05, 3.63) is 0 Å². The van der Waals surface area contributed by atoms with Crippen LogP contribution in [0.2, 0.25) is 0 Å². The minimum Gasteiger partial charge on any atom is -0.314 e. The molecule has 2 fully saturated rings. The molecule has 0 bridgehead atoms. The van der Waals surface area contributed by atoms with E-state index in [1.54, 1.807) is 0 Å². The summed E-state index contributed by atoms with van der Waals surface area (Å²) in [5.41, 5.74) is 0. The predicted octanol–water partition coefficient (Wildman–Crippen LogP) is 1.81. The van der Waals surface area contributed by atoms with Crippen molar-refractivity contribution >= 4 is 11.8 Å². The maximum absolute atomic E-state index is 3.54. The summed E-state index contributed by atoms with van der Waals surface area (Å²) >= 11 is 2.03. The lowest BCUT2D eigenvalue weighted by Crippen LogP contribution is -2.47. The van der Waals surface area contributed by atoms with Gasteiger partial charge in [-0.2, -0.15) is 11.8 Å². The molecule has 0 spiro atoms. The molecule has 2 rings (SSSR count). The zero-order valence-corrected chi connectivity index (χ0v) is 11.0. The normalized spacial score (nSPS) is 31.8. The Hall–Kier alpha value is 0.270. The Morgan fingerprint density at radius 3 is 2.60 bits per heavy atom. The second-order valence-corrected chi connectivity index (χ2v) is 6.31. The van der Waals surface area contributed by atoms with Gasteiger partial charge >= 0.3 is 0 Å². The van der Waals surface area contributed by atoms with Crippen LogP contribution in [0.5, 0.6) is 0 Å². The highest BCUT2D eigenvalue weighted by Crippen LogP contribution is 2.32. The molecule has 2 nitrogen and oxygen atoms in total. The standard InChI is InChI=1S/C12H24N2S/c1-9(2)14(8-10-4-5-10)11-6-13-7-12(11)15-3/h9-13H,4-8H2,1-3H3. The lowest BCUT2D eigenvalue weighted by Gasteiger charge is -2.35. The average Bonchev–Trinajstić information content (AvgIpc) is 2.91. The highest BCUT2D eigenvalue weighted by Gasteiger charge is 2.35. The molecule has 2 atom stereocenters. The molecule has 1 N–H and O–H groups in total. The summed E-state index contributed by atoms with van der Waals surface area (Å²) in [7, 11) is 0. The molecule has 3 heteroatoms. The zero-order valence-electron chi connectivity index (χ0n) is 10.2. The summed E-state index contributed by atoms with van der Waals surface area (Å²) < 4.78 is 0. The summed E-state index contributed by atoms with van der Waals surface area (Å²) in [6.45, 7) is 8.41. The van der Waals surface area contributed by atoms with Crippen molar-refractivity contribution in [3.63, 3.8) is 0 Å². The van der Waals surface area contributed by atoms with E-state index in [2.05, 4.69) is 30.3 Å². The number of hydrogen-bond donors (Lipinski definition) is 1. The van der Waals surface area contributed by atoms with E-state index >= 15 is 0 Å². The highest BCUT2D eigenvalue weighted by molar-refractivity contribution is 7.99. The molecule has 88 valence electrons. The second-order valence-electron chi connectivity index (χ2n) is 5.23. The Bertz CT molecular complexity index is 204. The Kier molecular flexibility index (Phi) is 3.97. The Morgan fingerprint density at radius 2 is 2.07 bits per heavy atom. The van der Waals surface area contributed by atoms with Crippen LogP contribution in [0.25, 0.3) is 0 Å². The van der Waals surface area contributed by atoms with E-state index in [0.29, 0.717) is 6.04 Å². The van der Waals surface area contributed by atoms with Crippen LogP contribution in [-0.2, 0) is 0 Å². The first-order valence-electron chi connectivity index (χ1n) is 6.21. The van der Waals surface area contributed by atoms with Gasteiger partial charge in [0.2, 0.25) is 0 Å². The molecule has 0 radical (unpaired) electrons. The molecule has 2 unspecified atom stereocenters. The van der Waals surface area contributed by atoms with E-state index in [1.807, 2.05) is 11.8 Å². The van der Waals surface area contributed by atoms with E-state index in [-0.39, 0.29) is 0 Å². The van der Waals surface area contributed by atoms with Crippen LogP contribution in [0.15, 0.2) is 0 Å². The summed E-state index contributed by atoms with van der Waals surface area (Å²) in [5, 5.41) is 4.34. The van der Waals surface area contributed by atoms with Crippen LogP contribution in [0, 0.1) is 5.92 Å². The Balaban J connectivity index is 1.95. The van der Waals surface area contributed by atoms with Gasteiger partial charge in [-0.25, -0.2) is 0 Å². The van der Waals surface area contributed by atoms with Crippen LogP contribution < -0.4 is 5.32 Å². The second kappa shape index (κ2) is 5.07. The largest absolute Gasteiger partial charge is 0.314 e. The fraction of sp³-hybridized carbons (Fsp3) is 1.00. The average molecular weight is 228 g/mol. The van der Waals surface area contributed by atoms with Gasteiger partial charge in [0.1, 0.15) is 0 Å². The third-order valence-electron chi connectivity index (χ3n) is 3.69. The number of thioether (sulfide) groups is 1. The van der Waals surface area contributed by atoms with E-state index < -0.39 is 0 Å². The molecule has 15 heavy (non-hydrogen) atoms. The molecule has 1 aliphatic carbocycles. The molecule has 0 aromatic heterocycles. The van der Waals surface area contributed by atoms with Gasteiger partial charge in [0.05, 0.1) is 0 Å². The summed E-state index contributed by atoms with van der Waals surface area (Å²) in [6.07, 6.45) is 5.18. The van der Waals surface area contributed by atoms with Gasteiger partial charge in [-0.05, 0) is 38.9 Å². The fourth-order valence-corrected chi connectivity index (χ4v) is 3.39. The molecule has 1 heterocycles. The zero-order chi connectivity index (χ0) is 10.8. The summed E-state index contributed by atoms with van der Waals surface area (Å²) in [4.78, 5) is 2.73. The lowest BCUT2D eigenvalue weighted by molar-refractivity contribution is 0.159. The van der Waals surface area contributed by atoms with Crippen molar-refractivity contribution in [3.8, 4) is 0 Å². The monoisotopic (exact) mass is 228 g/mol. The molecule has 1 saturated carbocycles. The quantitative estimate of drug-likeness (QED) is 0.772. The van der Waals surface area contributed by atoms with E-state index in [4.69, 9.17) is 0 Å². The van der Waals surface area contributed by atoms with Crippen LogP contribution in [-0.4, -0.2) is 48.1 Å². The van der Waals surface area contributed by atoms with E-state index in [0.717, 1.165) is 17.2 Å². The number of nitrogens with zero attached hydrogens (tertiary/aromatic N) is 1. The minimum atomic E-state index is 0.699. The van der Waals surface area contributed by atoms with Crippen LogP contribution in [0.1, 0.15) is 26.7 Å². The van der Waals surface area contributed by atoms with Crippen LogP contribution in [0.4, 0.5) is 0 Å². The van der Waals surface area contributed by atoms with Gasteiger partial charge in [-0.15, -0.1) is 0 Å². The van der Waals surface area contributed by atoms with Crippen molar-refractivity contribution in [1.29, 1.82) is 0 Å². The molecule has 1 aliphatic heterocycles. The molecule has 0 aromatic carbocycles. The highest BCUT2D eigenvalue weighted by atomic mass is 32.2. The number of nitrogens with one attached hydrogen (secondary N) is 1. The predicted molar refractivity (Wildman–Crippen MR) is 68.5 cm³/mol. The van der Waals surface area contributed by atoms with Gasteiger partial charge in [0.15, 0.2) is 0 Å². The van der Waals surface area contributed by atoms with Crippen molar-refractivity contribution in [2.75, 3.05) is 25.9 Å². The molecule has 0 amide bonds. The van der Waals surface area contributed by atoms with Gasteiger partial charge in [0.25, 0.3) is 0 Å². The molecule has 2 aliphatic rings. The lowest BCUT2D eigenvalue weighted by atomic mass is 10.1. The van der Waals surface area contributed by atoms with Gasteiger partial charge in [-0.3, -0.25) is 4.90 Å². The van der Waals surface area contributed by atoms with Crippen LogP contribution >= 0.6 is 11.8 Å². The van der Waals surface area contributed by atoms with Gasteiger partial charge < -0.3 is 5.32 Å². The van der Waals surface area contributed by atoms with Gasteiger partial charge in [0, 0.05) is 37.0 Å². The van der Waals surface area contributed by atoms with Crippen molar-refractivity contribution in [2.45, 2.75) is 44.0 Å². The topological polar surface area (TPSA) is 15.3 Å². The Morgan fingerprint density at radius 1 is 1.33 bits per heavy atom. The third-order valence-corrected chi connectivity index (χ3v) is 4.77. The van der Waals surface area contributed by atoms with Crippen molar-refractivity contribution < 1.29 is 0 Å². The SMILES string of the molecule is CSC1CNCC1N(CC1CC1)C(C)C. The summed E-state index contributed by atoms with van der Waals surface area (Å²) in [5.74, 6) is 1.01. The smallest absolute Gasteiger partial charge is 0.0354 e. The van der Waals surface area contributed by atoms with Gasteiger partial charge in [-0.1, -0.05) is 0 Å². The molecule has 1 saturated heterocycles. The maximum atomic E-state index is 3.54. The first kappa shape index (κ1) is 11.7. The van der Waals surface area contributed by atoms with Crippen LogP contribution in [0.3, 0.4) is 0 Å². The fourth-order valence-electron chi connectivity index (χ4n) is 2.54. The molecular weight excluding hydrogens is 204 g/mol. The van der Waals surface area contributed by atoms with E-state index in [1.165, 1.54) is 32.5 Å². The third kappa shape index (κ3) is 2.89. The first-order valence-corrected chi connectivity index (χ1v) is 7.50. The van der Waals surface area contributed by atoms with Crippen molar-refractivity contribution in [1.82, 2.24) is 10.2 Å². The number of hydrogen-bond acceptors (Lipinski definition) is 3. The molecule has 0 aromatic rings. The van der Waals surface area contributed by atoms with E-state index in [9.17, 15) is 0 Å². The van der Waals surface area contributed by atoms with Crippen molar-refractivity contribution in [2.24, 2.45) is 5.92 Å². The first-order chi connectivity index (χ1) is 7.22.